The summed E-state index contributed by atoms with van der Waals surface area (Å²) in [4.78, 5) is 41.7. The number of fused-ring (bicyclic) bond motifs is 1. The second kappa shape index (κ2) is 12.7. The molecule has 0 radical (unpaired) electrons. The van der Waals surface area contributed by atoms with E-state index in [9.17, 15) is 40.7 Å². The molecule has 6 nitrogen and oxygen atoms in total. The number of halogens is 7. The van der Waals surface area contributed by atoms with Gasteiger partial charge in [0.2, 0.25) is 11.8 Å². The summed E-state index contributed by atoms with van der Waals surface area (Å²) in [6.45, 7) is 3.51. The van der Waals surface area contributed by atoms with Crippen LogP contribution < -0.4 is 15.5 Å². The third-order valence-electron chi connectivity index (χ3n) is 7.00. The zero-order valence-electron chi connectivity index (χ0n) is 22.9. The van der Waals surface area contributed by atoms with Crippen LogP contribution in [0, 0.1) is 17.5 Å². The third-order valence-corrected chi connectivity index (χ3v) is 7.23. The van der Waals surface area contributed by atoms with Crippen LogP contribution in [0.25, 0.3) is 0 Å². The molecule has 0 saturated heterocycles. The molecule has 0 spiro atoms. The maximum absolute atomic E-state index is 14.6. The minimum atomic E-state index is -5.13. The number of anilines is 1. The van der Waals surface area contributed by atoms with E-state index in [0.717, 1.165) is 23.8 Å². The first-order chi connectivity index (χ1) is 20.2. The Morgan fingerprint density at radius 3 is 2.33 bits per heavy atom. The quantitative estimate of drug-likeness (QED) is 0.317. The van der Waals surface area contributed by atoms with Crippen molar-refractivity contribution in [1.82, 2.24) is 10.6 Å². The molecule has 0 saturated carbocycles. The van der Waals surface area contributed by atoms with Crippen molar-refractivity contribution < 1.29 is 40.7 Å². The van der Waals surface area contributed by atoms with Crippen molar-refractivity contribution in [2.45, 2.75) is 57.4 Å². The van der Waals surface area contributed by atoms with Gasteiger partial charge in [-0.2, -0.15) is 13.2 Å². The van der Waals surface area contributed by atoms with Gasteiger partial charge < -0.3 is 15.5 Å². The van der Waals surface area contributed by atoms with Crippen LogP contribution in [-0.2, 0) is 28.6 Å². The summed E-state index contributed by atoms with van der Waals surface area (Å²) in [5, 5.41) is 5.04. The standard InChI is InChI=1S/C30H26ClF6N3O3/c1-15(2)40-26-11-7-17(31)12-16(26)6-10-24(29(40)43)38-28(42)25(14-20-22(33)4-3-5-23(20)34)39-27(41)19-9-8-18(32)13-21(19)30(35,36)37/h3-5,7-9,11-13,15,24-25H,6,10,14H2,1-2H3,(H,38,42)(H,39,41)/t24-,25-/m1/s1. The molecule has 2 atom stereocenters. The second-order valence-electron chi connectivity index (χ2n) is 10.3. The number of nitrogens with zero attached hydrogens (tertiary/aromatic N) is 1. The number of aryl methyl sites for hydroxylation is 1. The molecule has 0 unspecified atom stereocenters. The average Bonchev–Trinajstić information content (AvgIpc) is 3.05. The lowest BCUT2D eigenvalue weighted by atomic mass is 10.0. The first-order valence-electron chi connectivity index (χ1n) is 13.2. The third kappa shape index (κ3) is 7.12. The van der Waals surface area contributed by atoms with Gasteiger partial charge in [-0.15, -0.1) is 0 Å². The van der Waals surface area contributed by atoms with Gasteiger partial charge in [0.15, 0.2) is 0 Å². The molecule has 43 heavy (non-hydrogen) atoms. The van der Waals surface area contributed by atoms with Gasteiger partial charge in [-0.25, -0.2) is 13.2 Å². The average molecular weight is 626 g/mol. The van der Waals surface area contributed by atoms with Gasteiger partial charge in [0.05, 0.1) is 11.1 Å². The lowest BCUT2D eigenvalue weighted by Crippen LogP contribution is -2.55. The monoisotopic (exact) mass is 625 g/mol. The zero-order chi connectivity index (χ0) is 31.6. The van der Waals surface area contributed by atoms with Gasteiger partial charge in [-0.05, 0) is 80.8 Å². The highest BCUT2D eigenvalue weighted by Crippen LogP contribution is 2.33. The minimum absolute atomic E-state index is 0.0893. The van der Waals surface area contributed by atoms with Crippen molar-refractivity contribution >= 4 is 35.0 Å². The molecule has 0 aliphatic carbocycles. The minimum Gasteiger partial charge on any atom is -0.342 e. The fourth-order valence-corrected chi connectivity index (χ4v) is 5.16. The van der Waals surface area contributed by atoms with E-state index in [1.54, 1.807) is 32.0 Å². The molecule has 2 N–H and O–H groups in total. The van der Waals surface area contributed by atoms with Crippen molar-refractivity contribution in [2.75, 3.05) is 4.90 Å². The number of benzene rings is 3. The lowest BCUT2D eigenvalue weighted by molar-refractivity contribution is -0.138. The van der Waals surface area contributed by atoms with Gasteiger partial charge >= 0.3 is 6.18 Å². The maximum Gasteiger partial charge on any atom is 0.417 e. The molecular formula is C30H26ClF6N3O3. The number of alkyl halides is 3. The predicted octanol–water partition coefficient (Wildman–Crippen LogP) is 5.99. The molecule has 0 fully saturated rings. The topological polar surface area (TPSA) is 78.5 Å². The van der Waals surface area contributed by atoms with Crippen molar-refractivity contribution in [2.24, 2.45) is 0 Å². The van der Waals surface area contributed by atoms with Gasteiger partial charge in [0.25, 0.3) is 5.91 Å². The van der Waals surface area contributed by atoms with E-state index in [-0.39, 0.29) is 18.5 Å². The van der Waals surface area contributed by atoms with Crippen LogP contribution in [0.15, 0.2) is 54.6 Å². The molecule has 0 bridgehead atoms. The van der Waals surface area contributed by atoms with Crippen LogP contribution >= 0.6 is 11.6 Å². The molecule has 228 valence electrons. The Balaban J connectivity index is 1.67. The Bertz CT molecular complexity index is 1540. The molecule has 4 rings (SSSR count). The highest BCUT2D eigenvalue weighted by molar-refractivity contribution is 6.30. The number of carbonyl (C=O) groups excluding carboxylic acids is 3. The molecule has 3 aromatic carbocycles. The summed E-state index contributed by atoms with van der Waals surface area (Å²) >= 11 is 6.14. The van der Waals surface area contributed by atoms with Crippen molar-refractivity contribution in [3.63, 3.8) is 0 Å². The Kier molecular flexibility index (Phi) is 9.38. The van der Waals surface area contributed by atoms with E-state index >= 15 is 0 Å². The highest BCUT2D eigenvalue weighted by atomic mass is 35.5. The zero-order valence-corrected chi connectivity index (χ0v) is 23.6. The normalized spacial score (nSPS) is 16.0. The summed E-state index contributed by atoms with van der Waals surface area (Å²) in [6.07, 6.45) is -5.54. The van der Waals surface area contributed by atoms with E-state index in [4.69, 9.17) is 11.6 Å². The molecular weight excluding hydrogens is 600 g/mol. The molecule has 1 heterocycles. The van der Waals surface area contributed by atoms with Crippen LogP contribution in [0.2, 0.25) is 5.02 Å². The predicted molar refractivity (Wildman–Crippen MR) is 147 cm³/mol. The summed E-state index contributed by atoms with van der Waals surface area (Å²) in [5.74, 6) is -6.40. The lowest BCUT2D eigenvalue weighted by Gasteiger charge is -2.30. The molecule has 3 aromatic rings. The number of carbonyl (C=O) groups is 3. The van der Waals surface area contributed by atoms with Crippen LogP contribution in [0.5, 0.6) is 0 Å². The number of hydrogen-bond donors (Lipinski definition) is 2. The van der Waals surface area contributed by atoms with Gasteiger partial charge in [0.1, 0.15) is 29.5 Å². The molecule has 13 heteroatoms. The van der Waals surface area contributed by atoms with Crippen LogP contribution in [0.4, 0.5) is 32.0 Å². The molecule has 1 aliphatic rings. The largest absolute Gasteiger partial charge is 0.417 e. The van der Waals surface area contributed by atoms with E-state index in [1.165, 1.54) is 4.90 Å². The fraction of sp³-hybridized carbons (Fsp3) is 0.300. The van der Waals surface area contributed by atoms with Crippen molar-refractivity contribution in [1.29, 1.82) is 0 Å². The Labute approximate surface area is 248 Å². The van der Waals surface area contributed by atoms with Gasteiger partial charge in [-0.1, -0.05) is 17.7 Å². The number of rotatable bonds is 7. The summed E-state index contributed by atoms with van der Waals surface area (Å²) in [6, 6.07) is 5.86. The van der Waals surface area contributed by atoms with Crippen molar-refractivity contribution in [3.05, 3.63) is 99.3 Å². The Hall–Kier alpha value is -4.06. The first kappa shape index (κ1) is 31.9. The molecule has 1 aliphatic heterocycles. The SMILES string of the molecule is CC(C)N1C(=O)[C@H](NC(=O)[C@@H](Cc2c(F)cccc2F)NC(=O)c2ccc(F)cc2C(F)(F)F)CCc2cc(Cl)ccc21. The molecule has 0 aromatic heterocycles. The van der Waals surface area contributed by atoms with E-state index in [2.05, 4.69) is 10.6 Å². The molecule has 3 amide bonds. The van der Waals surface area contributed by atoms with Gasteiger partial charge in [0, 0.05) is 28.7 Å². The summed E-state index contributed by atoms with van der Waals surface area (Å²) in [5.41, 5.74) is -1.92. The number of amides is 3. The van der Waals surface area contributed by atoms with Crippen LogP contribution in [-0.4, -0.2) is 35.8 Å². The van der Waals surface area contributed by atoms with Crippen LogP contribution in [0.3, 0.4) is 0 Å². The maximum atomic E-state index is 14.6. The van der Waals surface area contributed by atoms with E-state index in [0.29, 0.717) is 29.3 Å². The van der Waals surface area contributed by atoms with Crippen LogP contribution in [0.1, 0.15) is 47.3 Å². The second-order valence-corrected chi connectivity index (χ2v) is 10.7. The van der Waals surface area contributed by atoms with E-state index in [1.807, 2.05) is 0 Å². The Morgan fingerprint density at radius 1 is 1.02 bits per heavy atom. The summed E-state index contributed by atoms with van der Waals surface area (Å²) in [7, 11) is 0. The van der Waals surface area contributed by atoms with Gasteiger partial charge in [-0.3, -0.25) is 14.4 Å². The first-order valence-corrected chi connectivity index (χ1v) is 13.6. The fourth-order valence-electron chi connectivity index (χ4n) is 4.96. The number of hydrogen-bond acceptors (Lipinski definition) is 3. The Morgan fingerprint density at radius 2 is 1.70 bits per heavy atom. The van der Waals surface area contributed by atoms with E-state index < -0.39 is 76.5 Å². The smallest absolute Gasteiger partial charge is 0.342 e. The highest BCUT2D eigenvalue weighted by Gasteiger charge is 2.38. The van der Waals surface area contributed by atoms with Crippen molar-refractivity contribution in [3.8, 4) is 0 Å². The summed E-state index contributed by atoms with van der Waals surface area (Å²) < 4.78 is 83.5. The number of nitrogens with one attached hydrogen (secondary N) is 2.